The topological polar surface area (TPSA) is 124 Å². The lowest BCUT2D eigenvalue weighted by atomic mass is 10.2. The summed E-state index contributed by atoms with van der Waals surface area (Å²) in [5.74, 6) is -1.31. The highest BCUT2D eigenvalue weighted by Crippen LogP contribution is 2.26. The Hall–Kier alpha value is -3.20. The zero-order valence-electron chi connectivity index (χ0n) is 12.2. The summed E-state index contributed by atoms with van der Waals surface area (Å²) in [4.78, 5) is 26.3. The summed E-state index contributed by atoms with van der Waals surface area (Å²) in [6, 6.07) is 7.18. The number of nitrogens with zero attached hydrogens (tertiary/aromatic N) is 2. The molecule has 1 aromatic carbocycles. The van der Waals surface area contributed by atoms with Gasteiger partial charge in [-0.3, -0.25) is 4.79 Å². The molecule has 4 aromatic rings. The predicted molar refractivity (Wildman–Crippen MR) is 88.2 cm³/mol. The highest BCUT2D eigenvalue weighted by Gasteiger charge is 2.16. The fourth-order valence-corrected chi connectivity index (χ4v) is 3.39. The van der Waals surface area contributed by atoms with Crippen molar-refractivity contribution in [2.75, 3.05) is 0 Å². The van der Waals surface area contributed by atoms with E-state index in [1.165, 1.54) is 11.3 Å². The standard InChI is InChI=1S/C15H11N5O3S/c21-14(11-4-12-13(17-11)8(6-24-12)15(22)23)16-5-7-1-2-9-10(3-7)19-20-18-9/h1-4,6,17H,5H2,(H,16,21)(H,22,23)(H,18,19,20). The number of amides is 1. The zero-order valence-corrected chi connectivity index (χ0v) is 13.0. The fraction of sp³-hybridized carbons (Fsp3) is 0.0667. The first-order chi connectivity index (χ1) is 11.6. The number of carbonyl (C=O) groups excluding carboxylic acids is 1. The van der Waals surface area contributed by atoms with Crippen LogP contribution in [0.3, 0.4) is 0 Å². The van der Waals surface area contributed by atoms with E-state index in [4.69, 9.17) is 5.11 Å². The van der Waals surface area contributed by atoms with Crippen molar-refractivity contribution >= 4 is 44.5 Å². The third-order valence-electron chi connectivity index (χ3n) is 3.66. The van der Waals surface area contributed by atoms with Crippen LogP contribution in [0.4, 0.5) is 0 Å². The number of nitrogens with one attached hydrogen (secondary N) is 3. The number of hydrogen-bond donors (Lipinski definition) is 4. The Labute approximate surface area is 138 Å². The molecular formula is C15H11N5O3S. The van der Waals surface area contributed by atoms with Crippen LogP contribution < -0.4 is 5.32 Å². The molecule has 0 spiro atoms. The number of fused-ring (bicyclic) bond motifs is 2. The summed E-state index contributed by atoms with van der Waals surface area (Å²) in [7, 11) is 0. The minimum atomic E-state index is -1.02. The van der Waals surface area contributed by atoms with E-state index in [1.807, 2.05) is 18.2 Å². The molecule has 0 bridgehead atoms. The zero-order chi connectivity index (χ0) is 16.7. The number of H-pyrrole nitrogens is 2. The van der Waals surface area contributed by atoms with E-state index >= 15 is 0 Å². The molecule has 9 heteroatoms. The molecule has 4 rings (SSSR count). The summed E-state index contributed by atoms with van der Waals surface area (Å²) in [5.41, 5.74) is 3.36. The van der Waals surface area contributed by atoms with E-state index in [0.717, 1.165) is 21.3 Å². The second-order valence-corrected chi connectivity index (χ2v) is 6.12. The van der Waals surface area contributed by atoms with Gasteiger partial charge in [0.15, 0.2) is 0 Å². The number of aromatic amines is 2. The van der Waals surface area contributed by atoms with Crippen molar-refractivity contribution in [1.82, 2.24) is 25.7 Å². The van der Waals surface area contributed by atoms with Crippen molar-refractivity contribution in [3.8, 4) is 0 Å². The molecule has 0 aliphatic heterocycles. The molecule has 0 fully saturated rings. The Morgan fingerprint density at radius 2 is 2.04 bits per heavy atom. The number of carboxylic acid groups (broad SMARTS) is 1. The average Bonchev–Trinajstić information content (AvgIpc) is 3.25. The lowest BCUT2D eigenvalue weighted by molar-refractivity contribution is 0.0699. The van der Waals surface area contributed by atoms with Gasteiger partial charge in [-0.2, -0.15) is 15.4 Å². The van der Waals surface area contributed by atoms with E-state index in [9.17, 15) is 9.59 Å². The van der Waals surface area contributed by atoms with Crippen LogP contribution in [-0.2, 0) is 6.54 Å². The van der Waals surface area contributed by atoms with Crippen molar-refractivity contribution in [2.45, 2.75) is 6.54 Å². The molecule has 4 N–H and O–H groups in total. The van der Waals surface area contributed by atoms with Gasteiger partial charge in [0, 0.05) is 11.9 Å². The SMILES string of the molecule is O=C(NCc1ccc2n[nH]nc2c1)c1cc2scc(C(=O)O)c2[nH]1. The number of benzene rings is 1. The van der Waals surface area contributed by atoms with Gasteiger partial charge in [-0.15, -0.1) is 11.3 Å². The third-order valence-corrected chi connectivity index (χ3v) is 4.59. The summed E-state index contributed by atoms with van der Waals surface area (Å²) >= 11 is 1.29. The van der Waals surface area contributed by atoms with Gasteiger partial charge in [0.1, 0.15) is 16.7 Å². The van der Waals surface area contributed by atoms with Crippen molar-refractivity contribution < 1.29 is 14.7 Å². The van der Waals surface area contributed by atoms with Crippen LogP contribution in [0.5, 0.6) is 0 Å². The molecule has 0 unspecified atom stereocenters. The van der Waals surface area contributed by atoms with Crippen LogP contribution in [0, 0.1) is 0 Å². The van der Waals surface area contributed by atoms with Crippen molar-refractivity contribution in [3.63, 3.8) is 0 Å². The Morgan fingerprint density at radius 3 is 2.88 bits per heavy atom. The highest BCUT2D eigenvalue weighted by atomic mass is 32.1. The summed E-state index contributed by atoms with van der Waals surface area (Å²) < 4.78 is 0.738. The molecule has 3 heterocycles. The summed E-state index contributed by atoms with van der Waals surface area (Å²) in [6.07, 6.45) is 0. The van der Waals surface area contributed by atoms with Gasteiger partial charge in [0.25, 0.3) is 5.91 Å². The molecule has 8 nitrogen and oxygen atoms in total. The quantitative estimate of drug-likeness (QED) is 0.453. The largest absolute Gasteiger partial charge is 0.478 e. The minimum Gasteiger partial charge on any atom is -0.478 e. The Balaban J connectivity index is 1.52. The van der Waals surface area contributed by atoms with E-state index < -0.39 is 5.97 Å². The van der Waals surface area contributed by atoms with Crippen LogP contribution in [0.1, 0.15) is 26.4 Å². The molecule has 1 amide bonds. The Bertz CT molecular complexity index is 1080. The van der Waals surface area contributed by atoms with Crippen LogP contribution >= 0.6 is 11.3 Å². The Kier molecular flexibility index (Phi) is 3.28. The molecule has 0 atom stereocenters. The van der Waals surface area contributed by atoms with Gasteiger partial charge in [-0.05, 0) is 23.8 Å². The van der Waals surface area contributed by atoms with Crippen molar-refractivity contribution in [2.24, 2.45) is 0 Å². The van der Waals surface area contributed by atoms with E-state index in [1.54, 1.807) is 11.4 Å². The van der Waals surface area contributed by atoms with Crippen LogP contribution in [0.2, 0.25) is 0 Å². The number of rotatable bonds is 4. The van der Waals surface area contributed by atoms with E-state index in [-0.39, 0.29) is 11.5 Å². The molecular weight excluding hydrogens is 330 g/mol. The van der Waals surface area contributed by atoms with E-state index in [2.05, 4.69) is 25.7 Å². The number of carboxylic acids is 1. The van der Waals surface area contributed by atoms with Crippen LogP contribution in [-0.4, -0.2) is 37.4 Å². The van der Waals surface area contributed by atoms with Gasteiger partial charge in [0.2, 0.25) is 0 Å². The second-order valence-electron chi connectivity index (χ2n) is 5.21. The third kappa shape index (κ3) is 2.40. The second kappa shape index (κ2) is 5.46. The molecule has 24 heavy (non-hydrogen) atoms. The molecule has 120 valence electrons. The molecule has 0 aliphatic carbocycles. The average molecular weight is 341 g/mol. The molecule has 3 aromatic heterocycles. The minimum absolute atomic E-state index is 0.172. The number of carbonyl (C=O) groups is 2. The van der Waals surface area contributed by atoms with E-state index in [0.29, 0.717) is 17.8 Å². The molecule has 0 saturated heterocycles. The van der Waals surface area contributed by atoms with Gasteiger partial charge in [0.05, 0.1) is 15.8 Å². The lowest BCUT2D eigenvalue weighted by Gasteiger charge is -2.03. The number of thiophene rings is 1. The Morgan fingerprint density at radius 1 is 1.21 bits per heavy atom. The maximum Gasteiger partial charge on any atom is 0.338 e. The van der Waals surface area contributed by atoms with Crippen LogP contribution in [0.25, 0.3) is 21.3 Å². The first kappa shape index (κ1) is 14.4. The number of aromatic carboxylic acids is 1. The normalized spacial score (nSPS) is 11.2. The van der Waals surface area contributed by atoms with Crippen molar-refractivity contribution in [1.29, 1.82) is 0 Å². The first-order valence-electron chi connectivity index (χ1n) is 7.03. The predicted octanol–water partition coefficient (Wildman–Crippen LogP) is 2.13. The maximum absolute atomic E-state index is 12.3. The number of aromatic nitrogens is 4. The number of hydrogen-bond acceptors (Lipinski definition) is 5. The van der Waals surface area contributed by atoms with Crippen LogP contribution in [0.15, 0.2) is 29.6 Å². The van der Waals surface area contributed by atoms with Gasteiger partial charge in [-0.1, -0.05) is 6.07 Å². The molecule has 0 aliphatic rings. The monoisotopic (exact) mass is 341 g/mol. The van der Waals surface area contributed by atoms with Gasteiger partial charge >= 0.3 is 5.97 Å². The van der Waals surface area contributed by atoms with Crippen molar-refractivity contribution in [3.05, 3.63) is 46.5 Å². The maximum atomic E-state index is 12.3. The summed E-state index contributed by atoms with van der Waals surface area (Å²) in [5, 5.41) is 24.0. The van der Waals surface area contributed by atoms with Gasteiger partial charge in [-0.25, -0.2) is 4.79 Å². The molecule has 0 radical (unpaired) electrons. The highest BCUT2D eigenvalue weighted by molar-refractivity contribution is 7.17. The van der Waals surface area contributed by atoms with Gasteiger partial charge < -0.3 is 15.4 Å². The summed E-state index contributed by atoms with van der Waals surface area (Å²) in [6.45, 7) is 0.333. The first-order valence-corrected chi connectivity index (χ1v) is 7.91. The molecule has 0 saturated carbocycles. The lowest BCUT2D eigenvalue weighted by Crippen LogP contribution is -2.23. The smallest absolute Gasteiger partial charge is 0.338 e. The fourth-order valence-electron chi connectivity index (χ4n) is 2.46.